The molecule has 0 atom stereocenters. The van der Waals surface area contributed by atoms with Crippen LogP contribution in [0.3, 0.4) is 0 Å². The standard InChI is InChI=1S/C15H24O2/c1-10(2)7-13-14(16-5)8-12(11(3)4)9-15(13)17-6/h8-11H,7H2,1-6H3. The van der Waals surface area contributed by atoms with Crippen LogP contribution >= 0.6 is 0 Å². The predicted octanol–water partition coefficient (Wildman–Crippen LogP) is 4.03. The number of benzene rings is 1. The van der Waals surface area contributed by atoms with Gasteiger partial charge in [0.05, 0.1) is 14.2 Å². The van der Waals surface area contributed by atoms with E-state index in [1.165, 1.54) is 11.1 Å². The lowest BCUT2D eigenvalue weighted by Crippen LogP contribution is -2.03. The summed E-state index contributed by atoms with van der Waals surface area (Å²) in [5, 5.41) is 0. The summed E-state index contributed by atoms with van der Waals surface area (Å²) < 4.78 is 11.0. The molecule has 0 heterocycles. The van der Waals surface area contributed by atoms with Crippen molar-refractivity contribution >= 4 is 0 Å². The minimum Gasteiger partial charge on any atom is -0.496 e. The third kappa shape index (κ3) is 3.39. The monoisotopic (exact) mass is 236 g/mol. The van der Waals surface area contributed by atoms with Gasteiger partial charge in [0.1, 0.15) is 11.5 Å². The van der Waals surface area contributed by atoms with Crippen molar-refractivity contribution in [2.24, 2.45) is 5.92 Å². The van der Waals surface area contributed by atoms with E-state index in [1.54, 1.807) is 14.2 Å². The van der Waals surface area contributed by atoms with Crippen LogP contribution in [0.2, 0.25) is 0 Å². The summed E-state index contributed by atoms with van der Waals surface area (Å²) in [5.74, 6) is 2.96. The molecule has 96 valence electrons. The molecule has 0 spiro atoms. The van der Waals surface area contributed by atoms with Gasteiger partial charge in [0.15, 0.2) is 0 Å². The molecule has 0 N–H and O–H groups in total. The second kappa shape index (κ2) is 5.95. The molecule has 1 aromatic carbocycles. The minimum atomic E-state index is 0.478. The molecular weight excluding hydrogens is 212 g/mol. The van der Waals surface area contributed by atoms with Gasteiger partial charge in [0.2, 0.25) is 0 Å². The highest BCUT2D eigenvalue weighted by Crippen LogP contribution is 2.34. The predicted molar refractivity (Wildman–Crippen MR) is 72.2 cm³/mol. The Labute approximate surface area is 105 Å². The topological polar surface area (TPSA) is 18.5 Å². The van der Waals surface area contributed by atoms with Gasteiger partial charge in [-0.1, -0.05) is 27.7 Å². The van der Waals surface area contributed by atoms with Gasteiger partial charge in [-0.3, -0.25) is 0 Å². The minimum absolute atomic E-state index is 0.478. The van der Waals surface area contributed by atoms with Crippen molar-refractivity contribution in [3.8, 4) is 11.5 Å². The van der Waals surface area contributed by atoms with Crippen LogP contribution in [0.4, 0.5) is 0 Å². The lowest BCUT2D eigenvalue weighted by Gasteiger charge is -2.18. The molecule has 0 saturated carbocycles. The van der Waals surface area contributed by atoms with Crippen molar-refractivity contribution < 1.29 is 9.47 Å². The fraction of sp³-hybridized carbons (Fsp3) is 0.600. The zero-order chi connectivity index (χ0) is 13.0. The quantitative estimate of drug-likeness (QED) is 0.768. The first-order chi connectivity index (χ1) is 7.99. The van der Waals surface area contributed by atoms with Gasteiger partial charge in [0, 0.05) is 5.56 Å². The number of hydrogen-bond donors (Lipinski definition) is 0. The van der Waals surface area contributed by atoms with Crippen LogP contribution in [0.25, 0.3) is 0 Å². The first-order valence-electron chi connectivity index (χ1n) is 6.24. The molecule has 0 aliphatic carbocycles. The van der Waals surface area contributed by atoms with Crippen LogP contribution < -0.4 is 9.47 Å². The number of rotatable bonds is 5. The Morgan fingerprint density at radius 1 is 0.941 bits per heavy atom. The highest BCUT2D eigenvalue weighted by Gasteiger charge is 2.15. The highest BCUT2D eigenvalue weighted by atomic mass is 16.5. The van der Waals surface area contributed by atoms with E-state index in [0.717, 1.165) is 17.9 Å². The molecule has 0 unspecified atom stereocenters. The van der Waals surface area contributed by atoms with Gasteiger partial charge < -0.3 is 9.47 Å². The van der Waals surface area contributed by atoms with Crippen LogP contribution in [0.5, 0.6) is 11.5 Å². The summed E-state index contributed by atoms with van der Waals surface area (Å²) in [5.41, 5.74) is 2.43. The Kier molecular flexibility index (Phi) is 4.86. The number of methoxy groups -OCH3 is 2. The molecular formula is C15H24O2. The Balaban J connectivity index is 3.26. The summed E-state index contributed by atoms with van der Waals surface area (Å²) in [7, 11) is 3.45. The SMILES string of the molecule is COc1cc(C(C)C)cc(OC)c1CC(C)C. The van der Waals surface area contributed by atoms with E-state index in [9.17, 15) is 0 Å². The van der Waals surface area contributed by atoms with Crippen molar-refractivity contribution in [2.75, 3.05) is 14.2 Å². The van der Waals surface area contributed by atoms with Crippen LogP contribution in [0, 0.1) is 5.92 Å². The van der Waals surface area contributed by atoms with Crippen molar-refractivity contribution in [1.29, 1.82) is 0 Å². The van der Waals surface area contributed by atoms with E-state index in [0.29, 0.717) is 11.8 Å². The molecule has 17 heavy (non-hydrogen) atoms. The van der Waals surface area contributed by atoms with E-state index in [2.05, 4.69) is 39.8 Å². The largest absolute Gasteiger partial charge is 0.496 e. The van der Waals surface area contributed by atoms with E-state index in [1.807, 2.05) is 0 Å². The molecule has 0 aromatic heterocycles. The average molecular weight is 236 g/mol. The summed E-state index contributed by atoms with van der Waals surface area (Å²) >= 11 is 0. The van der Waals surface area contributed by atoms with Gasteiger partial charge >= 0.3 is 0 Å². The maximum absolute atomic E-state index is 5.50. The van der Waals surface area contributed by atoms with E-state index >= 15 is 0 Å². The first kappa shape index (κ1) is 13.9. The van der Waals surface area contributed by atoms with E-state index < -0.39 is 0 Å². The first-order valence-corrected chi connectivity index (χ1v) is 6.24. The molecule has 0 aliphatic rings. The highest BCUT2D eigenvalue weighted by molar-refractivity contribution is 5.49. The van der Waals surface area contributed by atoms with Crippen LogP contribution in [-0.4, -0.2) is 14.2 Å². The van der Waals surface area contributed by atoms with Gasteiger partial charge in [-0.15, -0.1) is 0 Å². The summed E-state index contributed by atoms with van der Waals surface area (Å²) in [6.07, 6.45) is 0.977. The summed E-state index contributed by atoms with van der Waals surface area (Å²) in [4.78, 5) is 0. The fourth-order valence-electron chi connectivity index (χ4n) is 1.95. The maximum atomic E-state index is 5.50. The third-order valence-electron chi connectivity index (χ3n) is 2.91. The summed E-state index contributed by atoms with van der Waals surface area (Å²) in [6, 6.07) is 4.26. The molecule has 1 aromatic rings. The van der Waals surface area contributed by atoms with Gasteiger partial charge in [-0.05, 0) is 36.0 Å². The van der Waals surface area contributed by atoms with Crippen molar-refractivity contribution in [3.63, 3.8) is 0 Å². The van der Waals surface area contributed by atoms with Gasteiger partial charge in [-0.25, -0.2) is 0 Å². The molecule has 0 amide bonds. The van der Waals surface area contributed by atoms with Crippen LogP contribution in [0.1, 0.15) is 44.7 Å². The summed E-state index contributed by atoms with van der Waals surface area (Å²) in [6.45, 7) is 8.76. The van der Waals surface area contributed by atoms with Crippen LogP contribution in [-0.2, 0) is 6.42 Å². The van der Waals surface area contributed by atoms with Crippen molar-refractivity contribution in [2.45, 2.75) is 40.0 Å². The molecule has 0 aliphatic heterocycles. The number of ether oxygens (including phenoxy) is 2. The van der Waals surface area contributed by atoms with Crippen molar-refractivity contribution in [1.82, 2.24) is 0 Å². The Morgan fingerprint density at radius 3 is 1.71 bits per heavy atom. The Morgan fingerprint density at radius 2 is 1.41 bits per heavy atom. The molecule has 0 radical (unpaired) electrons. The van der Waals surface area contributed by atoms with E-state index in [4.69, 9.17) is 9.47 Å². The lowest BCUT2D eigenvalue weighted by atomic mass is 9.95. The van der Waals surface area contributed by atoms with Crippen molar-refractivity contribution in [3.05, 3.63) is 23.3 Å². The molecule has 0 fully saturated rings. The lowest BCUT2D eigenvalue weighted by molar-refractivity contribution is 0.379. The molecule has 2 heteroatoms. The average Bonchev–Trinajstić information content (AvgIpc) is 2.28. The third-order valence-corrected chi connectivity index (χ3v) is 2.91. The van der Waals surface area contributed by atoms with Gasteiger partial charge in [0.25, 0.3) is 0 Å². The Bertz CT molecular complexity index is 342. The fourth-order valence-corrected chi connectivity index (χ4v) is 1.95. The van der Waals surface area contributed by atoms with Gasteiger partial charge in [-0.2, -0.15) is 0 Å². The molecule has 0 saturated heterocycles. The zero-order valence-electron chi connectivity index (χ0n) is 11.8. The van der Waals surface area contributed by atoms with Crippen LogP contribution in [0.15, 0.2) is 12.1 Å². The molecule has 2 nitrogen and oxygen atoms in total. The second-order valence-electron chi connectivity index (χ2n) is 5.16. The smallest absolute Gasteiger partial charge is 0.126 e. The van der Waals surface area contributed by atoms with E-state index in [-0.39, 0.29) is 0 Å². The zero-order valence-corrected chi connectivity index (χ0v) is 11.8. The maximum Gasteiger partial charge on any atom is 0.126 e. The normalized spacial score (nSPS) is 11.1. The Hall–Kier alpha value is -1.18. The molecule has 0 bridgehead atoms. The second-order valence-corrected chi connectivity index (χ2v) is 5.16. The molecule has 1 rings (SSSR count). The number of hydrogen-bond acceptors (Lipinski definition) is 2.